The van der Waals surface area contributed by atoms with Crippen molar-refractivity contribution in [2.75, 3.05) is 0 Å². The van der Waals surface area contributed by atoms with Gasteiger partial charge in [0.05, 0.1) is 0 Å². The summed E-state index contributed by atoms with van der Waals surface area (Å²) in [5.41, 5.74) is 4.77. The van der Waals surface area contributed by atoms with Crippen molar-refractivity contribution in [3.05, 3.63) is 47.5 Å². The quantitative estimate of drug-likeness (QED) is 0.341. The zero-order chi connectivity index (χ0) is 20.5. The second kappa shape index (κ2) is 11.0. The van der Waals surface area contributed by atoms with E-state index in [-0.39, 0.29) is 5.75 Å². The Morgan fingerprint density at radius 1 is 0.759 bits per heavy atom. The first-order chi connectivity index (χ1) is 14.2. The lowest BCUT2D eigenvalue weighted by Crippen LogP contribution is -2.06. The Morgan fingerprint density at radius 3 is 1.90 bits per heavy atom. The van der Waals surface area contributed by atoms with Crippen LogP contribution in [-0.2, 0) is 6.42 Å². The molecule has 2 aromatic carbocycles. The number of unbranched alkanes of at least 4 members (excludes halogenated alkanes) is 9. The lowest BCUT2D eigenvalue weighted by atomic mass is 9.98. The van der Waals surface area contributed by atoms with Crippen molar-refractivity contribution in [3.8, 4) is 11.4 Å². The minimum atomic E-state index is 0.248. The predicted molar refractivity (Wildman–Crippen MR) is 121 cm³/mol. The molecule has 0 atom stereocenters. The summed E-state index contributed by atoms with van der Waals surface area (Å²) in [7, 11) is 0. The Labute approximate surface area is 175 Å². The molecule has 156 valence electrons. The molecule has 0 aliphatic rings. The lowest BCUT2D eigenvalue weighted by Gasteiger charge is -2.13. The molecular formula is C25H35N3O. The van der Waals surface area contributed by atoms with Crippen molar-refractivity contribution in [2.45, 2.75) is 84.5 Å². The van der Waals surface area contributed by atoms with Crippen LogP contribution in [0.3, 0.4) is 0 Å². The van der Waals surface area contributed by atoms with E-state index in [0.29, 0.717) is 0 Å². The van der Waals surface area contributed by atoms with Gasteiger partial charge in [-0.25, -0.2) is 0 Å². The van der Waals surface area contributed by atoms with Crippen LogP contribution in [0.25, 0.3) is 16.7 Å². The summed E-state index contributed by atoms with van der Waals surface area (Å²) in [6.07, 6.45) is 14.2. The third-order valence-electron chi connectivity index (χ3n) is 5.76. The van der Waals surface area contributed by atoms with Gasteiger partial charge >= 0.3 is 0 Å². The molecule has 0 radical (unpaired) electrons. The van der Waals surface area contributed by atoms with Gasteiger partial charge in [0.15, 0.2) is 0 Å². The van der Waals surface area contributed by atoms with Gasteiger partial charge in [0.2, 0.25) is 0 Å². The monoisotopic (exact) mass is 393 g/mol. The third kappa shape index (κ3) is 5.81. The molecule has 0 bridgehead atoms. The Hall–Kier alpha value is -2.36. The average molecular weight is 394 g/mol. The summed E-state index contributed by atoms with van der Waals surface area (Å²) < 4.78 is 0. The molecule has 0 fully saturated rings. The molecule has 1 N–H and O–H groups in total. The normalized spacial score (nSPS) is 11.4. The molecule has 1 heterocycles. The van der Waals surface area contributed by atoms with Crippen molar-refractivity contribution < 1.29 is 5.11 Å². The maximum Gasteiger partial charge on any atom is 0.143 e. The highest BCUT2D eigenvalue weighted by Crippen LogP contribution is 2.29. The molecule has 0 unspecified atom stereocenters. The molecule has 4 heteroatoms. The molecule has 0 aliphatic heterocycles. The highest BCUT2D eigenvalue weighted by atomic mass is 16.3. The van der Waals surface area contributed by atoms with E-state index in [4.69, 9.17) is 0 Å². The fraction of sp³-hybridized carbons (Fsp3) is 0.520. The number of hydrogen-bond acceptors (Lipinski definition) is 3. The van der Waals surface area contributed by atoms with E-state index in [1.54, 1.807) is 10.9 Å². The van der Waals surface area contributed by atoms with Gasteiger partial charge in [0.25, 0.3) is 0 Å². The first kappa shape index (κ1) is 21.4. The first-order valence-electron chi connectivity index (χ1n) is 11.3. The van der Waals surface area contributed by atoms with Crippen molar-refractivity contribution in [2.24, 2.45) is 0 Å². The van der Waals surface area contributed by atoms with Gasteiger partial charge in [-0.1, -0.05) is 82.9 Å². The number of rotatable bonds is 12. The van der Waals surface area contributed by atoms with Gasteiger partial charge in [-0.3, -0.25) is 0 Å². The van der Waals surface area contributed by atoms with Gasteiger partial charge in [0.1, 0.15) is 22.5 Å². The summed E-state index contributed by atoms with van der Waals surface area (Å²) in [5.74, 6) is 0.248. The van der Waals surface area contributed by atoms with Crippen LogP contribution in [-0.4, -0.2) is 20.1 Å². The third-order valence-corrected chi connectivity index (χ3v) is 5.76. The van der Waals surface area contributed by atoms with Crippen molar-refractivity contribution in [1.82, 2.24) is 15.0 Å². The molecular weight excluding hydrogens is 358 g/mol. The van der Waals surface area contributed by atoms with Crippen LogP contribution < -0.4 is 0 Å². The van der Waals surface area contributed by atoms with Gasteiger partial charge in [-0.2, -0.15) is 0 Å². The smallest absolute Gasteiger partial charge is 0.143 e. The molecule has 0 aliphatic carbocycles. The maximum atomic E-state index is 10.6. The van der Waals surface area contributed by atoms with Crippen molar-refractivity contribution in [1.29, 1.82) is 0 Å². The molecule has 0 saturated heterocycles. The van der Waals surface area contributed by atoms with Crippen molar-refractivity contribution in [3.63, 3.8) is 0 Å². The van der Waals surface area contributed by atoms with Gasteiger partial charge in [0, 0.05) is 0 Å². The fourth-order valence-corrected chi connectivity index (χ4v) is 4.01. The first-order valence-corrected chi connectivity index (χ1v) is 11.3. The number of aromatic hydroxyl groups is 1. The highest BCUT2D eigenvalue weighted by Gasteiger charge is 2.15. The molecule has 3 rings (SSSR count). The zero-order valence-corrected chi connectivity index (χ0v) is 18.0. The van der Waals surface area contributed by atoms with E-state index < -0.39 is 0 Å². The maximum absolute atomic E-state index is 10.6. The molecule has 0 spiro atoms. The summed E-state index contributed by atoms with van der Waals surface area (Å²) in [5, 5.41) is 19.7. The highest BCUT2D eigenvalue weighted by molar-refractivity contribution is 5.74. The predicted octanol–water partition coefficient (Wildman–Crippen LogP) is 6.90. The Bertz CT molecular complexity index is 867. The molecule has 3 aromatic rings. The topological polar surface area (TPSA) is 50.9 Å². The molecule has 0 amide bonds. The van der Waals surface area contributed by atoms with E-state index in [1.807, 2.05) is 30.3 Å². The lowest BCUT2D eigenvalue weighted by molar-refractivity contribution is 0.466. The van der Waals surface area contributed by atoms with Crippen LogP contribution >= 0.6 is 0 Å². The van der Waals surface area contributed by atoms with Gasteiger partial charge in [-0.15, -0.1) is 15.0 Å². The summed E-state index contributed by atoms with van der Waals surface area (Å²) in [4.78, 5) is 1.61. The van der Waals surface area contributed by atoms with Gasteiger partial charge < -0.3 is 5.11 Å². The number of fused-ring (bicyclic) bond motifs is 1. The molecule has 0 saturated carbocycles. The Kier molecular flexibility index (Phi) is 8.09. The number of phenolic OH excluding ortho intramolecular Hbond substituents is 1. The van der Waals surface area contributed by atoms with Crippen molar-refractivity contribution >= 4 is 11.0 Å². The van der Waals surface area contributed by atoms with E-state index >= 15 is 0 Å². The Balaban J connectivity index is 1.56. The standard InChI is InChI=1S/C25H35N3O/c1-3-4-5-6-7-8-9-10-11-12-15-21-20(2)18-19-24(29)25(21)28-26-22-16-13-14-17-23(22)27-28/h13-14,16-19,29H,3-12,15H2,1-2H3. The number of phenols is 1. The summed E-state index contributed by atoms with van der Waals surface area (Å²) >= 11 is 0. The number of hydrogen-bond donors (Lipinski definition) is 1. The largest absolute Gasteiger partial charge is 0.506 e. The minimum absolute atomic E-state index is 0.248. The van der Waals surface area contributed by atoms with Crippen LogP contribution in [0.5, 0.6) is 5.75 Å². The second-order valence-electron chi connectivity index (χ2n) is 8.14. The molecule has 29 heavy (non-hydrogen) atoms. The zero-order valence-electron chi connectivity index (χ0n) is 18.0. The number of aryl methyl sites for hydroxylation is 1. The molecule has 1 aromatic heterocycles. The van der Waals surface area contributed by atoms with E-state index in [9.17, 15) is 5.11 Å². The van der Waals surface area contributed by atoms with E-state index in [0.717, 1.165) is 35.1 Å². The van der Waals surface area contributed by atoms with Crippen LogP contribution in [0.15, 0.2) is 36.4 Å². The molecule has 4 nitrogen and oxygen atoms in total. The van der Waals surface area contributed by atoms with E-state index in [1.165, 1.54) is 63.4 Å². The van der Waals surface area contributed by atoms with E-state index in [2.05, 4.69) is 24.0 Å². The average Bonchev–Trinajstić information content (AvgIpc) is 3.15. The Morgan fingerprint density at radius 2 is 1.31 bits per heavy atom. The summed E-state index contributed by atoms with van der Waals surface area (Å²) in [6, 6.07) is 11.6. The SMILES string of the molecule is CCCCCCCCCCCCc1c(C)ccc(O)c1-n1nc2ccccc2n1. The number of nitrogens with zero attached hydrogens (tertiary/aromatic N) is 3. The second-order valence-corrected chi connectivity index (χ2v) is 8.14. The van der Waals surface area contributed by atoms with Crippen LogP contribution in [0.2, 0.25) is 0 Å². The minimum Gasteiger partial charge on any atom is -0.506 e. The van der Waals surface area contributed by atoms with Gasteiger partial charge in [-0.05, 0) is 49.1 Å². The van der Waals surface area contributed by atoms with Crippen LogP contribution in [0, 0.1) is 6.92 Å². The van der Waals surface area contributed by atoms with Crippen LogP contribution in [0.1, 0.15) is 82.3 Å². The number of aromatic nitrogens is 3. The fourth-order valence-electron chi connectivity index (χ4n) is 4.01. The summed E-state index contributed by atoms with van der Waals surface area (Å²) in [6.45, 7) is 4.38. The number of benzene rings is 2. The van der Waals surface area contributed by atoms with Crippen LogP contribution in [0.4, 0.5) is 0 Å².